The second kappa shape index (κ2) is 5.94. The van der Waals surface area contributed by atoms with E-state index in [4.69, 9.17) is 4.74 Å². The number of ether oxygens (including phenoxy) is 1. The summed E-state index contributed by atoms with van der Waals surface area (Å²) >= 11 is 3.23. The van der Waals surface area contributed by atoms with Crippen LogP contribution in [0.3, 0.4) is 0 Å². The third-order valence-corrected chi connectivity index (χ3v) is 6.01. The van der Waals surface area contributed by atoms with E-state index in [-0.39, 0.29) is 23.1 Å². The van der Waals surface area contributed by atoms with Crippen molar-refractivity contribution < 1.29 is 23.1 Å². The van der Waals surface area contributed by atoms with Gasteiger partial charge < -0.3 is 9.84 Å². The quantitative estimate of drug-likeness (QED) is 0.866. The number of carboxylic acids is 1. The zero-order valence-electron chi connectivity index (χ0n) is 11.6. The van der Waals surface area contributed by atoms with Crippen LogP contribution in [-0.2, 0) is 14.8 Å². The minimum Gasteiger partial charge on any atom is -0.495 e. The molecule has 2 atom stereocenters. The summed E-state index contributed by atoms with van der Waals surface area (Å²) in [7, 11) is -2.56. The molecule has 1 N–H and O–H groups in total. The van der Waals surface area contributed by atoms with E-state index in [1.807, 2.05) is 0 Å². The lowest BCUT2D eigenvalue weighted by molar-refractivity contribution is -0.141. The van der Waals surface area contributed by atoms with Crippen LogP contribution in [0.5, 0.6) is 5.75 Å². The number of sulfonamides is 1. The normalized spacial score (nSPS) is 23.2. The Balaban J connectivity index is 2.52. The van der Waals surface area contributed by atoms with Gasteiger partial charge in [0, 0.05) is 11.0 Å². The van der Waals surface area contributed by atoms with E-state index in [9.17, 15) is 18.3 Å². The zero-order chi connectivity index (χ0) is 15.8. The van der Waals surface area contributed by atoms with Gasteiger partial charge in [-0.2, -0.15) is 4.31 Å². The molecule has 1 saturated heterocycles. The number of hydrogen-bond donors (Lipinski definition) is 1. The molecule has 0 saturated carbocycles. The lowest BCUT2D eigenvalue weighted by Gasteiger charge is -2.23. The third kappa shape index (κ3) is 2.93. The van der Waals surface area contributed by atoms with E-state index in [0.29, 0.717) is 10.9 Å². The number of methoxy groups -OCH3 is 1. The number of benzene rings is 1. The fourth-order valence-corrected chi connectivity index (χ4v) is 4.92. The predicted molar refractivity (Wildman–Crippen MR) is 79.8 cm³/mol. The van der Waals surface area contributed by atoms with Gasteiger partial charge in [-0.05, 0) is 30.5 Å². The molecule has 1 fully saturated rings. The Hall–Kier alpha value is -1.12. The van der Waals surface area contributed by atoms with Gasteiger partial charge in [0.2, 0.25) is 10.0 Å². The Morgan fingerprint density at radius 3 is 2.71 bits per heavy atom. The van der Waals surface area contributed by atoms with Crippen molar-refractivity contribution in [1.29, 1.82) is 0 Å². The number of carboxylic acid groups (broad SMARTS) is 1. The molecule has 1 aliphatic heterocycles. The highest BCUT2D eigenvalue weighted by Gasteiger charge is 2.44. The number of halogens is 1. The first kappa shape index (κ1) is 16.3. The number of aliphatic carboxylic acids is 1. The Morgan fingerprint density at radius 1 is 1.48 bits per heavy atom. The van der Waals surface area contributed by atoms with Gasteiger partial charge in [0.05, 0.1) is 7.11 Å². The third-order valence-electron chi connectivity index (χ3n) is 3.62. The Labute approximate surface area is 131 Å². The molecule has 1 aliphatic rings. The maximum absolute atomic E-state index is 12.8. The lowest BCUT2D eigenvalue weighted by atomic mass is 10.0. The highest BCUT2D eigenvalue weighted by atomic mass is 79.9. The molecule has 2 rings (SSSR count). The monoisotopic (exact) mass is 377 g/mol. The average Bonchev–Trinajstić information content (AvgIpc) is 2.81. The molecule has 0 amide bonds. The summed E-state index contributed by atoms with van der Waals surface area (Å²) in [5.41, 5.74) is 0. The van der Waals surface area contributed by atoms with Gasteiger partial charge in [0.25, 0.3) is 0 Å². The molecule has 21 heavy (non-hydrogen) atoms. The van der Waals surface area contributed by atoms with E-state index in [2.05, 4.69) is 15.9 Å². The molecule has 1 aromatic rings. The van der Waals surface area contributed by atoms with Gasteiger partial charge in [-0.25, -0.2) is 8.42 Å². The van der Waals surface area contributed by atoms with Crippen LogP contribution in [0.4, 0.5) is 0 Å². The molecule has 0 aromatic heterocycles. The predicted octanol–water partition coefficient (Wildman–Crippen LogP) is 1.94. The summed E-state index contributed by atoms with van der Waals surface area (Å²) in [6.45, 7) is 1.93. The molecule has 2 unspecified atom stereocenters. The molecule has 8 heteroatoms. The summed E-state index contributed by atoms with van der Waals surface area (Å²) in [6, 6.07) is 3.58. The van der Waals surface area contributed by atoms with E-state index >= 15 is 0 Å². The Bertz CT molecular complexity index is 661. The topological polar surface area (TPSA) is 83.9 Å². The summed E-state index contributed by atoms with van der Waals surface area (Å²) in [4.78, 5) is 11.3. The molecule has 0 aliphatic carbocycles. The number of rotatable bonds is 4. The molecule has 1 heterocycles. The summed E-state index contributed by atoms with van der Waals surface area (Å²) < 4.78 is 32.3. The highest BCUT2D eigenvalue weighted by molar-refractivity contribution is 9.10. The van der Waals surface area contributed by atoms with E-state index < -0.39 is 22.0 Å². The van der Waals surface area contributed by atoms with E-state index in [1.54, 1.807) is 13.0 Å². The van der Waals surface area contributed by atoms with Crippen molar-refractivity contribution in [2.75, 3.05) is 13.7 Å². The van der Waals surface area contributed by atoms with Gasteiger partial charge in [-0.1, -0.05) is 22.9 Å². The Kier molecular flexibility index (Phi) is 4.60. The van der Waals surface area contributed by atoms with Crippen molar-refractivity contribution in [2.45, 2.75) is 24.3 Å². The number of nitrogens with zero attached hydrogens (tertiary/aromatic N) is 1. The van der Waals surface area contributed by atoms with Crippen molar-refractivity contribution in [1.82, 2.24) is 4.31 Å². The summed E-state index contributed by atoms with van der Waals surface area (Å²) in [6.07, 6.45) is 0.520. The Morgan fingerprint density at radius 2 is 2.14 bits per heavy atom. The van der Waals surface area contributed by atoms with Gasteiger partial charge in [-0.15, -0.1) is 0 Å². The number of carbonyl (C=O) groups is 1. The van der Waals surface area contributed by atoms with Crippen LogP contribution in [0.2, 0.25) is 0 Å². The van der Waals surface area contributed by atoms with Crippen molar-refractivity contribution in [3.8, 4) is 5.75 Å². The van der Waals surface area contributed by atoms with Crippen LogP contribution >= 0.6 is 15.9 Å². The zero-order valence-corrected chi connectivity index (χ0v) is 14.0. The first-order valence-corrected chi connectivity index (χ1v) is 8.60. The van der Waals surface area contributed by atoms with Crippen molar-refractivity contribution in [3.63, 3.8) is 0 Å². The first-order valence-electron chi connectivity index (χ1n) is 6.37. The maximum atomic E-state index is 12.8. The van der Waals surface area contributed by atoms with Crippen molar-refractivity contribution in [3.05, 3.63) is 22.7 Å². The highest BCUT2D eigenvalue weighted by Crippen LogP contribution is 2.35. The molecule has 116 valence electrons. The molecule has 0 radical (unpaired) electrons. The van der Waals surface area contributed by atoms with Crippen LogP contribution in [-0.4, -0.2) is 43.5 Å². The second-order valence-electron chi connectivity index (χ2n) is 4.96. The van der Waals surface area contributed by atoms with E-state index in [0.717, 1.165) is 4.31 Å². The van der Waals surface area contributed by atoms with Gasteiger partial charge in [0.15, 0.2) is 0 Å². The first-order chi connectivity index (χ1) is 9.78. The molecule has 0 bridgehead atoms. The van der Waals surface area contributed by atoms with Gasteiger partial charge >= 0.3 is 5.97 Å². The molecular formula is C13H16BrNO5S. The fourth-order valence-electron chi connectivity index (χ4n) is 2.53. The summed E-state index contributed by atoms with van der Waals surface area (Å²) in [5.74, 6) is -1.16. The van der Waals surface area contributed by atoms with Crippen LogP contribution in [0.25, 0.3) is 0 Å². The standard InChI is InChI=1S/C13H16BrNO5S/c1-8-5-6-15(12(8)13(16)17)21(18,19)11-7-9(14)3-4-10(11)20-2/h3-4,7-8,12H,5-6H2,1-2H3,(H,16,17). The summed E-state index contributed by atoms with van der Waals surface area (Å²) in [5, 5.41) is 9.30. The molecule has 1 aromatic carbocycles. The van der Waals surface area contributed by atoms with Gasteiger partial charge in [-0.3, -0.25) is 4.79 Å². The molecule has 0 spiro atoms. The SMILES string of the molecule is COc1ccc(Br)cc1S(=O)(=O)N1CCC(C)C1C(=O)O. The minimum atomic E-state index is -3.93. The van der Waals surface area contributed by atoms with Crippen LogP contribution in [0, 0.1) is 5.92 Å². The fraction of sp³-hybridized carbons (Fsp3) is 0.462. The largest absolute Gasteiger partial charge is 0.495 e. The van der Waals surface area contributed by atoms with Crippen LogP contribution in [0.1, 0.15) is 13.3 Å². The second-order valence-corrected chi connectivity index (χ2v) is 7.73. The van der Waals surface area contributed by atoms with Crippen molar-refractivity contribution >= 4 is 31.9 Å². The maximum Gasteiger partial charge on any atom is 0.322 e. The van der Waals surface area contributed by atoms with Crippen LogP contribution < -0.4 is 4.74 Å². The molecule has 6 nitrogen and oxygen atoms in total. The van der Waals surface area contributed by atoms with Crippen LogP contribution in [0.15, 0.2) is 27.6 Å². The average molecular weight is 378 g/mol. The molecular weight excluding hydrogens is 362 g/mol. The minimum absolute atomic E-state index is 0.0280. The smallest absolute Gasteiger partial charge is 0.322 e. The van der Waals surface area contributed by atoms with E-state index in [1.165, 1.54) is 19.2 Å². The van der Waals surface area contributed by atoms with Crippen molar-refractivity contribution in [2.24, 2.45) is 5.92 Å². The number of hydrogen-bond acceptors (Lipinski definition) is 4. The lowest BCUT2D eigenvalue weighted by Crippen LogP contribution is -2.42. The van der Waals surface area contributed by atoms with Gasteiger partial charge in [0.1, 0.15) is 16.7 Å².